The summed E-state index contributed by atoms with van der Waals surface area (Å²) in [7, 11) is 0. The Morgan fingerprint density at radius 2 is 2.26 bits per heavy atom. The molecule has 1 unspecified atom stereocenters. The number of nitrogens with zero attached hydrogens (tertiary/aromatic N) is 1. The Kier molecular flexibility index (Phi) is 5.25. The standard InChI is InChI=1S/C12H17N3O4/c1-2-3-4-9(13)12(17)14-10-7-8(15(18)19)5-6-11(10)16/h5-7,9,16H,2-4,13H2,1H3,(H,14,17). The Balaban J connectivity index is 2.78. The number of carbonyl (C=O) groups excluding carboxylic acids is 1. The largest absolute Gasteiger partial charge is 0.506 e. The Hall–Kier alpha value is -2.15. The molecule has 7 heteroatoms. The summed E-state index contributed by atoms with van der Waals surface area (Å²) in [6.45, 7) is 1.98. The van der Waals surface area contributed by atoms with Crippen molar-refractivity contribution < 1.29 is 14.8 Å². The average molecular weight is 267 g/mol. The van der Waals surface area contributed by atoms with Crippen molar-refractivity contribution in [1.29, 1.82) is 0 Å². The molecule has 0 aliphatic carbocycles. The number of nitrogens with two attached hydrogens (primary N) is 1. The van der Waals surface area contributed by atoms with Crippen LogP contribution in [0.15, 0.2) is 18.2 Å². The fraction of sp³-hybridized carbons (Fsp3) is 0.417. The molecule has 0 saturated heterocycles. The molecule has 0 heterocycles. The van der Waals surface area contributed by atoms with Gasteiger partial charge in [-0.25, -0.2) is 0 Å². The van der Waals surface area contributed by atoms with Crippen molar-refractivity contribution in [2.75, 3.05) is 5.32 Å². The number of aromatic hydroxyl groups is 1. The number of carbonyl (C=O) groups is 1. The van der Waals surface area contributed by atoms with Crippen molar-refractivity contribution in [2.45, 2.75) is 32.2 Å². The molecule has 0 fully saturated rings. The van der Waals surface area contributed by atoms with Gasteiger partial charge in [-0.15, -0.1) is 0 Å². The number of nitrogens with one attached hydrogen (secondary N) is 1. The van der Waals surface area contributed by atoms with Crippen molar-refractivity contribution in [3.05, 3.63) is 28.3 Å². The molecular weight excluding hydrogens is 250 g/mol. The van der Waals surface area contributed by atoms with Crippen LogP contribution in [0.4, 0.5) is 11.4 Å². The Bertz CT molecular complexity index is 476. The molecule has 4 N–H and O–H groups in total. The first-order chi connectivity index (χ1) is 8.95. The molecule has 0 bridgehead atoms. The molecule has 1 aromatic carbocycles. The minimum atomic E-state index is -0.696. The van der Waals surface area contributed by atoms with Gasteiger partial charge in [-0.2, -0.15) is 0 Å². The summed E-state index contributed by atoms with van der Waals surface area (Å²) in [6.07, 6.45) is 2.26. The van der Waals surface area contributed by atoms with E-state index < -0.39 is 16.9 Å². The fourth-order valence-electron chi connectivity index (χ4n) is 1.52. The van der Waals surface area contributed by atoms with Crippen LogP contribution < -0.4 is 11.1 Å². The number of rotatable bonds is 6. The zero-order valence-electron chi connectivity index (χ0n) is 10.6. The second-order valence-corrected chi connectivity index (χ2v) is 4.20. The zero-order chi connectivity index (χ0) is 14.4. The molecule has 1 aromatic rings. The van der Waals surface area contributed by atoms with Gasteiger partial charge in [0.05, 0.1) is 16.7 Å². The second kappa shape index (κ2) is 6.69. The van der Waals surface area contributed by atoms with Crippen molar-refractivity contribution in [3.8, 4) is 5.75 Å². The normalized spacial score (nSPS) is 11.9. The topological polar surface area (TPSA) is 118 Å². The summed E-state index contributed by atoms with van der Waals surface area (Å²) in [5, 5.41) is 22.6. The summed E-state index contributed by atoms with van der Waals surface area (Å²) in [5.74, 6) is -0.703. The van der Waals surface area contributed by atoms with Crippen molar-refractivity contribution in [2.24, 2.45) is 5.73 Å². The Morgan fingerprint density at radius 1 is 1.58 bits per heavy atom. The van der Waals surface area contributed by atoms with Gasteiger partial charge in [0.1, 0.15) is 5.75 Å². The van der Waals surface area contributed by atoms with E-state index in [1.807, 2.05) is 6.92 Å². The lowest BCUT2D eigenvalue weighted by atomic mass is 10.1. The van der Waals surface area contributed by atoms with E-state index in [0.29, 0.717) is 6.42 Å². The first-order valence-corrected chi connectivity index (χ1v) is 5.99. The van der Waals surface area contributed by atoms with Crippen LogP contribution >= 0.6 is 0 Å². The van der Waals surface area contributed by atoms with Gasteiger partial charge in [0.25, 0.3) is 5.69 Å². The third kappa shape index (κ3) is 4.22. The van der Waals surface area contributed by atoms with E-state index in [1.54, 1.807) is 0 Å². The summed E-state index contributed by atoms with van der Waals surface area (Å²) in [4.78, 5) is 21.7. The molecule has 0 saturated carbocycles. The van der Waals surface area contributed by atoms with Crippen LogP contribution in [0.1, 0.15) is 26.2 Å². The summed E-state index contributed by atoms with van der Waals surface area (Å²) < 4.78 is 0. The second-order valence-electron chi connectivity index (χ2n) is 4.20. The third-order valence-corrected chi connectivity index (χ3v) is 2.65. The highest BCUT2D eigenvalue weighted by atomic mass is 16.6. The lowest BCUT2D eigenvalue weighted by molar-refractivity contribution is -0.384. The average Bonchev–Trinajstić information content (AvgIpc) is 2.38. The summed E-state index contributed by atoms with van der Waals surface area (Å²) in [5.41, 5.74) is 5.45. The van der Waals surface area contributed by atoms with Gasteiger partial charge < -0.3 is 16.2 Å². The summed E-state index contributed by atoms with van der Waals surface area (Å²) >= 11 is 0. The first-order valence-electron chi connectivity index (χ1n) is 5.99. The van der Waals surface area contributed by atoms with Crippen LogP contribution in [0, 0.1) is 10.1 Å². The number of nitro benzene ring substituents is 1. The van der Waals surface area contributed by atoms with Crippen LogP contribution in [-0.2, 0) is 4.79 Å². The van der Waals surface area contributed by atoms with Gasteiger partial charge in [-0.05, 0) is 12.5 Å². The van der Waals surface area contributed by atoms with E-state index in [-0.39, 0.29) is 17.1 Å². The molecule has 0 spiro atoms. The number of non-ortho nitro benzene ring substituents is 1. The number of nitro groups is 1. The van der Waals surface area contributed by atoms with Gasteiger partial charge in [-0.1, -0.05) is 19.8 Å². The van der Waals surface area contributed by atoms with Gasteiger partial charge in [0.2, 0.25) is 5.91 Å². The molecular formula is C12H17N3O4. The van der Waals surface area contributed by atoms with Crippen LogP contribution in [0.3, 0.4) is 0 Å². The van der Waals surface area contributed by atoms with Crippen LogP contribution in [0.25, 0.3) is 0 Å². The van der Waals surface area contributed by atoms with E-state index in [9.17, 15) is 20.0 Å². The van der Waals surface area contributed by atoms with E-state index in [1.165, 1.54) is 0 Å². The predicted octanol–water partition coefficient (Wildman–Crippen LogP) is 1.76. The number of unbranched alkanes of at least 4 members (excludes halogenated alkanes) is 1. The molecule has 0 aromatic heterocycles. The number of phenols is 1. The number of benzene rings is 1. The SMILES string of the molecule is CCCCC(N)C(=O)Nc1cc([N+](=O)[O-])ccc1O. The molecule has 1 atom stereocenters. The number of hydrogen-bond acceptors (Lipinski definition) is 5. The molecule has 0 radical (unpaired) electrons. The van der Waals surface area contributed by atoms with E-state index in [2.05, 4.69) is 5.32 Å². The highest BCUT2D eigenvalue weighted by Gasteiger charge is 2.16. The highest BCUT2D eigenvalue weighted by Crippen LogP contribution is 2.27. The van der Waals surface area contributed by atoms with E-state index in [0.717, 1.165) is 31.0 Å². The van der Waals surface area contributed by atoms with E-state index >= 15 is 0 Å². The van der Waals surface area contributed by atoms with Crippen LogP contribution in [0.2, 0.25) is 0 Å². The number of anilines is 1. The number of amides is 1. The highest BCUT2D eigenvalue weighted by molar-refractivity contribution is 5.96. The monoisotopic (exact) mass is 267 g/mol. The molecule has 104 valence electrons. The maximum absolute atomic E-state index is 11.7. The lowest BCUT2D eigenvalue weighted by Gasteiger charge is -2.12. The molecule has 0 aliphatic rings. The molecule has 7 nitrogen and oxygen atoms in total. The minimum Gasteiger partial charge on any atom is -0.506 e. The maximum atomic E-state index is 11.7. The van der Waals surface area contributed by atoms with Crippen molar-refractivity contribution in [3.63, 3.8) is 0 Å². The first kappa shape index (κ1) is 14.9. The van der Waals surface area contributed by atoms with Crippen LogP contribution in [-0.4, -0.2) is 22.0 Å². The fourth-order valence-corrected chi connectivity index (χ4v) is 1.52. The predicted molar refractivity (Wildman–Crippen MR) is 70.9 cm³/mol. The molecule has 19 heavy (non-hydrogen) atoms. The third-order valence-electron chi connectivity index (χ3n) is 2.65. The summed E-state index contributed by atoms with van der Waals surface area (Å²) in [6, 6.07) is 2.71. The van der Waals surface area contributed by atoms with Gasteiger partial charge in [0, 0.05) is 12.1 Å². The van der Waals surface area contributed by atoms with Gasteiger partial charge in [-0.3, -0.25) is 14.9 Å². The van der Waals surface area contributed by atoms with Crippen LogP contribution in [0.5, 0.6) is 5.75 Å². The maximum Gasteiger partial charge on any atom is 0.271 e. The van der Waals surface area contributed by atoms with Crippen molar-refractivity contribution >= 4 is 17.3 Å². The van der Waals surface area contributed by atoms with Gasteiger partial charge >= 0.3 is 0 Å². The lowest BCUT2D eigenvalue weighted by Crippen LogP contribution is -2.35. The van der Waals surface area contributed by atoms with Gasteiger partial charge in [0.15, 0.2) is 0 Å². The number of phenolic OH excluding ortho intramolecular Hbond substituents is 1. The smallest absolute Gasteiger partial charge is 0.271 e. The Morgan fingerprint density at radius 3 is 2.84 bits per heavy atom. The minimum absolute atomic E-state index is 0.00820. The molecule has 1 rings (SSSR count). The molecule has 0 aliphatic heterocycles. The molecule has 1 amide bonds. The Labute approximate surface area is 110 Å². The number of hydrogen-bond donors (Lipinski definition) is 3. The van der Waals surface area contributed by atoms with Crippen molar-refractivity contribution in [1.82, 2.24) is 0 Å². The van der Waals surface area contributed by atoms with E-state index in [4.69, 9.17) is 5.73 Å². The quantitative estimate of drug-likeness (QED) is 0.412. The zero-order valence-corrected chi connectivity index (χ0v) is 10.6.